The van der Waals surface area contributed by atoms with Crippen molar-refractivity contribution in [3.8, 4) is 0 Å². The normalized spacial score (nSPS) is 10.1. The summed E-state index contributed by atoms with van der Waals surface area (Å²) in [7, 11) is 0. The smallest absolute Gasteiger partial charge is 0.234 e. The first-order valence-electron chi connectivity index (χ1n) is 5.03. The van der Waals surface area contributed by atoms with E-state index in [1.807, 2.05) is 0 Å². The first-order valence-corrected chi connectivity index (χ1v) is 5.03. The summed E-state index contributed by atoms with van der Waals surface area (Å²) in [6, 6.07) is 3.47. The van der Waals surface area contributed by atoms with Gasteiger partial charge in [0.25, 0.3) is 0 Å². The lowest BCUT2D eigenvalue weighted by Crippen LogP contribution is -2.33. The molecule has 0 aromatic carbocycles. The van der Waals surface area contributed by atoms with Crippen LogP contribution < -0.4 is 10.6 Å². The van der Waals surface area contributed by atoms with Crippen molar-refractivity contribution in [2.24, 2.45) is 0 Å². The zero-order valence-corrected chi connectivity index (χ0v) is 9.03. The van der Waals surface area contributed by atoms with Gasteiger partial charge in [-0.25, -0.2) is 0 Å². The van der Waals surface area contributed by atoms with Crippen molar-refractivity contribution in [1.29, 1.82) is 0 Å². The predicted octanol–water partition coefficient (Wildman–Crippen LogP) is 0.164. The van der Waals surface area contributed by atoms with E-state index in [2.05, 4.69) is 17.2 Å². The molecule has 3 N–H and O–H groups in total. The maximum Gasteiger partial charge on any atom is 0.234 e. The Morgan fingerprint density at radius 2 is 2.25 bits per heavy atom. The number of aliphatic hydroxyl groups is 1. The Hall–Kier alpha value is -1.59. The molecule has 1 aromatic heterocycles. The maximum atomic E-state index is 11.2. The number of hydrogen-bond donors (Lipinski definition) is 3. The maximum absolute atomic E-state index is 11.2. The van der Waals surface area contributed by atoms with Gasteiger partial charge in [-0.1, -0.05) is 6.08 Å². The quantitative estimate of drug-likeness (QED) is 0.577. The van der Waals surface area contributed by atoms with Gasteiger partial charge in [0.15, 0.2) is 0 Å². The van der Waals surface area contributed by atoms with E-state index in [0.29, 0.717) is 24.6 Å². The van der Waals surface area contributed by atoms with Crippen LogP contribution in [0.4, 0.5) is 0 Å². The second-order valence-corrected chi connectivity index (χ2v) is 3.22. The molecule has 1 amide bonds. The fourth-order valence-corrected chi connectivity index (χ4v) is 1.15. The van der Waals surface area contributed by atoms with Crippen LogP contribution in [0.15, 0.2) is 29.2 Å². The van der Waals surface area contributed by atoms with Crippen LogP contribution in [-0.2, 0) is 17.9 Å². The van der Waals surface area contributed by atoms with Gasteiger partial charge in [-0.3, -0.25) is 4.79 Å². The van der Waals surface area contributed by atoms with Crippen molar-refractivity contribution < 1.29 is 14.3 Å². The Labute approximate surface area is 94.1 Å². The number of rotatable bonds is 7. The van der Waals surface area contributed by atoms with Gasteiger partial charge < -0.3 is 20.2 Å². The van der Waals surface area contributed by atoms with Gasteiger partial charge in [0.1, 0.15) is 18.1 Å². The molecular weight excluding hydrogens is 208 g/mol. The van der Waals surface area contributed by atoms with Crippen molar-refractivity contribution in [3.05, 3.63) is 36.3 Å². The molecule has 88 valence electrons. The van der Waals surface area contributed by atoms with Gasteiger partial charge in [0, 0.05) is 6.54 Å². The first kappa shape index (κ1) is 12.5. The molecule has 0 unspecified atom stereocenters. The summed E-state index contributed by atoms with van der Waals surface area (Å²) in [5, 5.41) is 14.3. The van der Waals surface area contributed by atoms with Crippen molar-refractivity contribution in [2.45, 2.75) is 13.2 Å². The van der Waals surface area contributed by atoms with Crippen molar-refractivity contribution in [1.82, 2.24) is 10.6 Å². The van der Waals surface area contributed by atoms with Gasteiger partial charge in [0.05, 0.1) is 13.1 Å². The zero-order valence-electron chi connectivity index (χ0n) is 9.03. The number of aliphatic hydroxyl groups excluding tert-OH is 1. The number of furan rings is 1. The Morgan fingerprint density at radius 1 is 1.50 bits per heavy atom. The molecule has 0 fully saturated rings. The van der Waals surface area contributed by atoms with Gasteiger partial charge in [-0.2, -0.15) is 0 Å². The van der Waals surface area contributed by atoms with Crippen LogP contribution in [0.3, 0.4) is 0 Å². The van der Waals surface area contributed by atoms with E-state index >= 15 is 0 Å². The van der Waals surface area contributed by atoms with Crippen LogP contribution in [0.1, 0.15) is 11.5 Å². The number of amides is 1. The lowest BCUT2D eigenvalue weighted by molar-refractivity contribution is -0.120. The third-order valence-electron chi connectivity index (χ3n) is 1.90. The number of hydrogen-bond acceptors (Lipinski definition) is 4. The third-order valence-corrected chi connectivity index (χ3v) is 1.90. The summed E-state index contributed by atoms with van der Waals surface area (Å²) >= 11 is 0. The van der Waals surface area contributed by atoms with E-state index in [1.165, 1.54) is 0 Å². The van der Waals surface area contributed by atoms with Crippen LogP contribution in [0.25, 0.3) is 0 Å². The average molecular weight is 224 g/mol. The van der Waals surface area contributed by atoms with Crippen LogP contribution in [0.5, 0.6) is 0 Å². The SMILES string of the molecule is C=CCNC(=O)CNCc1ccc(CO)o1. The zero-order chi connectivity index (χ0) is 11.8. The average Bonchev–Trinajstić information content (AvgIpc) is 2.74. The fourth-order valence-electron chi connectivity index (χ4n) is 1.15. The lowest BCUT2D eigenvalue weighted by atomic mass is 10.4. The highest BCUT2D eigenvalue weighted by Gasteiger charge is 2.02. The molecule has 5 heteroatoms. The van der Waals surface area contributed by atoms with E-state index in [0.717, 1.165) is 0 Å². The Bertz CT molecular complexity index is 347. The minimum absolute atomic E-state index is 0.0890. The molecule has 0 aliphatic heterocycles. The van der Waals surface area contributed by atoms with Crippen molar-refractivity contribution in [3.63, 3.8) is 0 Å². The van der Waals surface area contributed by atoms with Crippen molar-refractivity contribution >= 4 is 5.91 Å². The Morgan fingerprint density at radius 3 is 2.88 bits per heavy atom. The molecule has 0 bridgehead atoms. The summed E-state index contributed by atoms with van der Waals surface area (Å²) in [5.74, 6) is 1.13. The topological polar surface area (TPSA) is 74.5 Å². The second-order valence-electron chi connectivity index (χ2n) is 3.22. The first-order chi connectivity index (χ1) is 7.76. The molecule has 0 saturated carbocycles. The van der Waals surface area contributed by atoms with Crippen LogP contribution in [-0.4, -0.2) is 24.1 Å². The van der Waals surface area contributed by atoms with Gasteiger partial charge in [-0.15, -0.1) is 6.58 Å². The predicted molar refractivity (Wildman–Crippen MR) is 59.5 cm³/mol. The summed E-state index contributed by atoms with van der Waals surface area (Å²) in [6.45, 7) is 4.54. The molecule has 1 heterocycles. The van der Waals surface area contributed by atoms with E-state index in [1.54, 1.807) is 18.2 Å². The highest BCUT2D eigenvalue weighted by atomic mass is 16.4. The van der Waals surface area contributed by atoms with Crippen LogP contribution >= 0.6 is 0 Å². The van der Waals surface area contributed by atoms with E-state index < -0.39 is 0 Å². The molecule has 1 aromatic rings. The second kappa shape index (κ2) is 6.81. The molecule has 16 heavy (non-hydrogen) atoms. The molecule has 0 saturated heterocycles. The minimum atomic E-state index is -0.111. The molecular formula is C11H16N2O3. The van der Waals surface area contributed by atoms with Crippen molar-refractivity contribution in [2.75, 3.05) is 13.1 Å². The standard InChI is InChI=1S/C11H16N2O3/c1-2-5-13-11(15)7-12-6-9-3-4-10(8-14)16-9/h2-4,12,14H,1,5-8H2,(H,13,15). The van der Waals surface area contributed by atoms with Crippen LogP contribution in [0.2, 0.25) is 0 Å². The molecule has 5 nitrogen and oxygen atoms in total. The number of carbonyl (C=O) groups is 1. The monoisotopic (exact) mass is 224 g/mol. The summed E-state index contributed by atoms with van der Waals surface area (Å²) in [5.41, 5.74) is 0. The summed E-state index contributed by atoms with van der Waals surface area (Å²) in [4.78, 5) is 11.2. The molecule has 0 atom stereocenters. The lowest BCUT2D eigenvalue weighted by Gasteiger charge is -2.03. The number of nitrogens with one attached hydrogen (secondary N) is 2. The van der Waals surface area contributed by atoms with E-state index in [4.69, 9.17) is 9.52 Å². The Balaban J connectivity index is 2.19. The molecule has 0 aliphatic rings. The van der Waals surface area contributed by atoms with Gasteiger partial charge in [-0.05, 0) is 12.1 Å². The molecule has 0 radical (unpaired) electrons. The largest absolute Gasteiger partial charge is 0.462 e. The molecule has 1 rings (SSSR count). The highest BCUT2D eigenvalue weighted by Crippen LogP contribution is 2.06. The van der Waals surface area contributed by atoms with Gasteiger partial charge in [0.2, 0.25) is 5.91 Å². The third kappa shape index (κ3) is 4.29. The molecule has 0 spiro atoms. The van der Waals surface area contributed by atoms with E-state index in [9.17, 15) is 4.79 Å². The number of carbonyl (C=O) groups excluding carboxylic acids is 1. The minimum Gasteiger partial charge on any atom is -0.462 e. The fraction of sp³-hybridized carbons (Fsp3) is 0.364. The molecule has 0 aliphatic carbocycles. The highest BCUT2D eigenvalue weighted by molar-refractivity contribution is 5.78. The van der Waals surface area contributed by atoms with Crippen LogP contribution in [0, 0.1) is 0 Å². The summed E-state index contributed by atoms with van der Waals surface area (Å²) < 4.78 is 5.24. The van der Waals surface area contributed by atoms with E-state index in [-0.39, 0.29) is 19.1 Å². The Kier molecular flexibility index (Phi) is 5.31. The van der Waals surface area contributed by atoms with Gasteiger partial charge >= 0.3 is 0 Å². The summed E-state index contributed by atoms with van der Waals surface area (Å²) in [6.07, 6.45) is 1.62.